The van der Waals surface area contributed by atoms with Gasteiger partial charge in [-0.25, -0.2) is 0 Å². The average Bonchev–Trinajstić information content (AvgIpc) is 1.64. The third-order valence-electron chi connectivity index (χ3n) is 1.56. The van der Waals surface area contributed by atoms with Crippen LogP contribution in [-0.2, 0) is 4.74 Å². The Morgan fingerprint density at radius 2 is 2.25 bits per heavy atom. The van der Waals surface area contributed by atoms with Crippen LogP contribution in [0.25, 0.3) is 0 Å². The predicted octanol–water partition coefficient (Wildman–Crippen LogP) is 1.64. The zero-order valence-electron chi connectivity index (χ0n) is 5.61. The zero-order chi connectivity index (χ0) is 6.04. The Morgan fingerprint density at radius 1 is 1.62 bits per heavy atom. The second kappa shape index (κ2) is 2.06. The number of hydrogen-bond acceptors (Lipinski definition) is 1. The molecule has 0 unspecified atom stereocenters. The van der Waals surface area contributed by atoms with E-state index in [9.17, 15) is 0 Å². The molecule has 0 aromatic rings. The largest absolute Gasteiger partial charge is 0.380 e. The van der Waals surface area contributed by atoms with Gasteiger partial charge < -0.3 is 4.74 Å². The summed E-state index contributed by atoms with van der Waals surface area (Å²) in [6.45, 7) is 6.27. The van der Waals surface area contributed by atoms with E-state index in [2.05, 4.69) is 20.3 Å². The van der Waals surface area contributed by atoms with Gasteiger partial charge in [-0.3, -0.25) is 0 Å². The first kappa shape index (κ1) is 6.09. The second-order valence-corrected chi connectivity index (χ2v) is 2.76. The summed E-state index contributed by atoms with van der Waals surface area (Å²) < 4.78 is 5.06. The Morgan fingerprint density at radius 3 is 2.38 bits per heavy atom. The first-order chi connectivity index (χ1) is 3.77. The van der Waals surface area contributed by atoms with E-state index >= 15 is 0 Å². The maximum absolute atomic E-state index is 5.06. The van der Waals surface area contributed by atoms with E-state index in [0.717, 1.165) is 13.2 Å². The molecule has 47 valence electrons. The molecule has 0 atom stereocenters. The van der Waals surface area contributed by atoms with Crippen LogP contribution < -0.4 is 0 Å². The first-order valence-corrected chi connectivity index (χ1v) is 3.19. The molecule has 1 saturated heterocycles. The molecule has 1 nitrogen and oxygen atoms in total. The molecular weight excluding hydrogens is 100 g/mol. The minimum Gasteiger partial charge on any atom is -0.380 e. The molecule has 0 spiro atoms. The molecule has 0 bridgehead atoms. The summed E-state index contributed by atoms with van der Waals surface area (Å²) in [7, 11) is 0. The quantitative estimate of drug-likeness (QED) is 0.529. The molecule has 1 radical (unpaired) electrons. The third kappa shape index (κ3) is 1.03. The van der Waals surface area contributed by atoms with Crippen LogP contribution in [0.15, 0.2) is 0 Å². The molecule has 0 aromatic carbocycles. The lowest BCUT2D eigenvalue weighted by Gasteiger charge is -2.37. The molecule has 1 heteroatoms. The van der Waals surface area contributed by atoms with Gasteiger partial charge in [-0.05, 0) is 6.42 Å². The predicted molar refractivity (Wildman–Crippen MR) is 33.5 cm³/mol. The van der Waals surface area contributed by atoms with Gasteiger partial charge in [-0.15, -0.1) is 0 Å². The van der Waals surface area contributed by atoms with Gasteiger partial charge >= 0.3 is 0 Å². The summed E-state index contributed by atoms with van der Waals surface area (Å²) in [6.07, 6.45) is 3.50. The van der Waals surface area contributed by atoms with E-state index < -0.39 is 0 Å². The van der Waals surface area contributed by atoms with Crippen LogP contribution in [0.2, 0.25) is 0 Å². The first-order valence-electron chi connectivity index (χ1n) is 3.19. The summed E-state index contributed by atoms with van der Waals surface area (Å²) in [5.41, 5.74) is 0.425. The molecule has 1 fully saturated rings. The monoisotopic (exact) mass is 113 g/mol. The van der Waals surface area contributed by atoms with Crippen molar-refractivity contribution >= 4 is 0 Å². The summed E-state index contributed by atoms with van der Waals surface area (Å²) in [5, 5.41) is 0. The molecule has 1 aliphatic rings. The van der Waals surface area contributed by atoms with Crippen LogP contribution in [0.5, 0.6) is 0 Å². The fourth-order valence-electron chi connectivity index (χ4n) is 1.03. The lowest BCUT2D eigenvalue weighted by Crippen LogP contribution is -2.39. The van der Waals surface area contributed by atoms with Crippen molar-refractivity contribution in [2.45, 2.75) is 20.3 Å². The molecule has 1 rings (SSSR count). The van der Waals surface area contributed by atoms with Gasteiger partial charge in [0.15, 0.2) is 0 Å². The van der Waals surface area contributed by atoms with Crippen LogP contribution in [0.3, 0.4) is 0 Å². The highest BCUT2D eigenvalue weighted by Crippen LogP contribution is 2.30. The minimum atomic E-state index is 0.425. The molecule has 8 heavy (non-hydrogen) atoms. The van der Waals surface area contributed by atoms with Crippen molar-refractivity contribution in [2.75, 3.05) is 13.2 Å². The van der Waals surface area contributed by atoms with E-state index in [1.54, 1.807) is 0 Å². The van der Waals surface area contributed by atoms with Crippen molar-refractivity contribution in [3.8, 4) is 0 Å². The van der Waals surface area contributed by atoms with E-state index in [-0.39, 0.29) is 0 Å². The van der Waals surface area contributed by atoms with Gasteiger partial charge in [0, 0.05) is 5.41 Å². The smallest absolute Gasteiger partial charge is 0.0544 e. The van der Waals surface area contributed by atoms with Gasteiger partial charge in [0.1, 0.15) is 0 Å². The van der Waals surface area contributed by atoms with E-state index in [4.69, 9.17) is 4.74 Å². The van der Waals surface area contributed by atoms with Gasteiger partial charge in [0.05, 0.1) is 13.2 Å². The van der Waals surface area contributed by atoms with Crippen LogP contribution in [0, 0.1) is 11.8 Å². The Balaban J connectivity index is 2.20. The van der Waals surface area contributed by atoms with Crippen molar-refractivity contribution in [1.82, 2.24) is 0 Å². The molecule has 0 N–H and O–H groups in total. The Bertz CT molecular complexity index is 74.5. The van der Waals surface area contributed by atoms with Crippen LogP contribution in [0.1, 0.15) is 20.3 Å². The van der Waals surface area contributed by atoms with Gasteiger partial charge in [0.2, 0.25) is 0 Å². The van der Waals surface area contributed by atoms with Crippen molar-refractivity contribution in [2.24, 2.45) is 5.41 Å². The standard InChI is InChI=1S/C7H13O/c1-3-4-7(2)5-8-6-7/h4H,3,5-6H2,1-2H3. The van der Waals surface area contributed by atoms with Gasteiger partial charge in [0.25, 0.3) is 0 Å². The SMILES string of the molecule is CC[CH]C1(C)COC1. The second-order valence-electron chi connectivity index (χ2n) is 2.76. The topological polar surface area (TPSA) is 9.23 Å². The van der Waals surface area contributed by atoms with Crippen LogP contribution in [0.4, 0.5) is 0 Å². The number of ether oxygens (including phenoxy) is 1. The van der Waals surface area contributed by atoms with Crippen LogP contribution in [-0.4, -0.2) is 13.2 Å². The average molecular weight is 113 g/mol. The summed E-state index contributed by atoms with van der Waals surface area (Å²) in [4.78, 5) is 0. The van der Waals surface area contributed by atoms with E-state index in [0.29, 0.717) is 5.41 Å². The molecule has 0 saturated carbocycles. The highest BCUT2D eigenvalue weighted by Gasteiger charge is 2.31. The number of hydrogen-bond donors (Lipinski definition) is 0. The normalized spacial score (nSPS) is 24.8. The van der Waals surface area contributed by atoms with Crippen molar-refractivity contribution < 1.29 is 4.74 Å². The Labute approximate surface area is 51.0 Å². The molecule has 0 amide bonds. The van der Waals surface area contributed by atoms with Crippen molar-refractivity contribution in [3.05, 3.63) is 6.42 Å². The fraction of sp³-hybridized carbons (Fsp3) is 0.857. The Hall–Kier alpha value is -0.0400. The molecule has 1 heterocycles. The Kier molecular flexibility index (Phi) is 1.57. The number of rotatable bonds is 2. The minimum absolute atomic E-state index is 0.425. The summed E-state index contributed by atoms with van der Waals surface area (Å²) >= 11 is 0. The fourth-order valence-corrected chi connectivity index (χ4v) is 1.03. The molecule has 0 aromatic heterocycles. The highest BCUT2D eigenvalue weighted by atomic mass is 16.5. The lowest BCUT2D eigenvalue weighted by molar-refractivity contribution is -0.0817. The van der Waals surface area contributed by atoms with Gasteiger partial charge in [-0.1, -0.05) is 20.3 Å². The lowest BCUT2D eigenvalue weighted by atomic mass is 9.84. The van der Waals surface area contributed by atoms with E-state index in [1.807, 2.05) is 0 Å². The van der Waals surface area contributed by atoms with Crippen molar-refractivity contribution in [3.63, 3.8) is 0 Å². The van der Waals surface area contributed by atoms with Crippen molar-refractivity contribution in [1.29, 1.82) is 0 Å². The third-order valence-corrected chi connectivity index (χ3v) is 1.56. The highest BCUT2D eigenvalue weighted by molar-refractivity contribution is 4.92. The van der Waals surface area contributed by atoms with Crippen LogP contribution >= 0.6 is 0 Å². The molecular formula is C7H13O. The maximum Gasteiger partial charge on any atom is 0.0544 e. The summed E-state index contributed by atoms with van der Waals surface area (Å²) in [5.74, 6) is 0. The molecule has 1 aliphatic heterocycles. The van der Waals surface area contributed by atoms with E-state index in [1.165, 1.54) is 6.42 Å². The molecule has 0 aliphatic carbocycles. The summed E-state index contributed by atoms with van der Waals surface area (Å²) in [6, 6.07) is 0. The van der Waals surface area contributed by atoms with Gasteiger partial charge in [-0.2, -0.15) is 0 Å². The zero-order valence-corrected chi connectivity index (χ0v) is 5.61. The maximum atomic E-state index is 5.06.